The Labute approximate surface area is 157 Å². The molecule has 3 rings (SSSR count). The third kappa shape index (κ3) is 4.94. The average Bonchev–Trinajstić information content (AvgIpc) is 3.05. The first kappa shape index (κ1) is 18.6. The van der Waals surface area contributed by atoms with E-state index in [4.69, 9.17) is 10.1 Å². The van der Waals surface area contributed by atoms with Crippen molar-refractivity contribution in [3.05, 3.63) is 60.4 Å². The van der Waals surface area contributed by atoms with Crippen molar-refractivity contribution in [2.24, 2.45) is 0 Å². The van der Waals surface area contributed by atoms with Crippen LogP contribution in [-0.2, 0) is 16.0 Å². The summed E-state index contributed by atoms with van der Waals surface area (Å²) < 4.78 is 2.09. The minimum atomic E-state index is -0.804. The number of para-hydroxylation sites is 3. The molecule has 0 saturated heterocycles. The second-order valence-corrected chi connectivity index (χ2v) is 6.39. The number of nitrogens with zero attached hydrogens (tertiary/aromatic N) is 2. The molecule has 0 radical (unpaired) electrons. The van der Waals surface area contributed by atoms with Gasteiger partial charge in [0.1, 0.15) is 5.82 Å². The number of hydrogen-bond acceptors (Lipinski definition) is 3. The van der Waals surface area contributed by atoms with Crippen molar-refractivity contribution in [3.63, 3.8) is 0 Å². The number of carboxylic acid groups (broad SMARTS) is 1. The van der Waals surface area contributed by atoms with Crippen LogP contribution in [0.15, 0.2) is 54.6 Å². The first-order chi connectivity index (χ1) is 13.1. The Morgan fingerprint density at radius 3 is 2.48 bits per heavy atom. The van der Waals surface area contributed by atoms with Crippen LogP contribution in [0, 0.1) is 0 Å². The fraction of sp³-hybridized carbons (Fsp3) is 0.286. The van der Waals surface area contributed by atoms with Gasteiger partial charge in [0.15, 0.2) is 0 Å². The lowest BCUT2D eigenvalue weighted by molar-refractivity contribution is -0.137. The molecule has 0 spiro atoms. The molecule has 1 amide bonds. The van der Waals surface area contributed by atoms with Crippen LogP contribution >= 0.6 is 0 Å². The number of aliphatic carboxylic acids is 1. The SMILES string of the molecule is O=C(O)CCCCNC(=O)CCc1nc2ccccc2n1-c1ccccc1. The third-order valence-electron chi connectivity index (χ3n) is 4.36. The molecule has 6 heteroatoms. The summed E-state index contributed by atoms with van der Waals surface area (Å²) >= 11 is 0. The van der Waals surface area contributed by atoms with Gasteiger partial charge in [-0.25, -0.2) is 4.98 Å². The summed E-state index contributed by atoms with van der Waals surface area (Å²) in [4.78, 5) is 27.3. The average molecular weight is 365 g/mol. The van der Waals surface area contributed by atoms with Crippen molar-refractivity contribution in [1.82, 2.24) is 14.9 Å². The minimum absolute atomic E-state index is 0.0445. The molecule has 140 valence electrons. The van der Waals surface area contributed by atoms with E-state index in [1.807, 2.05) is 54.6 Å². The number of unbranched alkanes of at least 4 members (excludes halogenated alkanes) is 1. The van der Waals surface area contributed by atoms with Crippen LogP contribution < -0.4 is 5.32 Å². The van der Waals surface area contributed by atoms with Gasteiger partial charge in [-0.15, -0.1) is 0 Å². The summed E-state index contributed by atoms with van der Waals surface area (Å²) in [5, 5.41) is 11.5. The van der Waals surface area contributed by atoms with E-state index in [2.05, 4.69) is 9.88 Å². The molecular weight excluding hydrogens is 342 g/mol. The molecule has 0 unspecified atom stereocenters. The van der Waals surface area contributed by atoms with E-state index in [1.54, 1.807) is 0 Å². The number of fused-ring (bicyclic) bond motifs is 1. The predicted molar refractivity (Wildman–Crippen MR) is 104 cm³/mol. The third-order valence-corrected chi connectivity index (χ3v) is 4.36. The van der Waals surface area contributed by atoms with Crippen LogP contribution in [0.1, 0.15) is 31.5 Å². The second kappa shape index (κ2) is 8.98. The van der Waals surface area contributed by atoms with Gasteiger partial charge in [-0.05, 0) is 37.1 Å². The Kier molecular flexibility index (Phi) is 6.20. The number of carbonyl (C=O) groups is 2. The van der Waals surface area contributed by atoms with E-state index in [9.17, 15) is 9.59 Å². The molecule has 27 heavy (non-hydrogen) atoms. The second-order valence-electron chi connectivity index (χ2n) is 6.39. The molecule has 0 aliphatic rings. The maximum atomic E-state index is 12.1. The monoisotopic (exact) mass is 365 g/mol. The van der Waals surface area contributed by atoms with Crippen LogP contribution in [0.2, 0.25) is 0 Å². The molecule has 6 nitrogen and oxygen atoms in total. The molecule has 0 fully saturated rings. The van der Waals surface area contributed by atoms with Gasteiger partial charge in [0.05, 0.1) is 11.0 Å². The highest BCUT2D eigenvalue weighted by Crippen LogP contribution is 2.22. The van der Waals surface area contributed by atoms with Gasteiger partial charge in [-0.2, -0.15) is 0 Å². The van der Waals surface area contributed by atoms with Crippen molar-refractivity contribution in [2.75, 3.05) is 6.54 Å². The maximum Gasteiger partial charge on any atom is 0.303 e. The maximum absolute atomic E-state index is 12.1. The van der Waals surface area contributed by atoms with Crippen molar-refractivity contribution in [2.45, 2.75) is 32.1 Å². The van der Waals surface area contributed by atoms with Gasteiger partial charge < -0.3 is 10.4 Å². The lowest BCUT2D eigenvalue weighted by Gasteiger charge is -2.09. The van der Waals surface area contributed by atoms with Gasteiger partial charge in [-0.3, -0.25) is 14.2 Å². The molecule has 0 aliphatic heterocycles. The van der Waals surface area contributed by atoms with E-state index in [0.29, 0.717) is 32.2 Å². The van der Waals surface area contributed by atoms with Gasteiger partial charge in [-0.1, -0.05) is 30.3 Å². The molecule has 0 bridgehead atoms. The number of amides is 1. The molecule has 3 aromatic rings. The zero-order chi connectivity index (χ0) is 19.1. The Bertz CT molecular complexity index is 919. The number of imidazole rings is 1. The molecule has 2 aromatic carbocycles. The summed E-state index contributed by atoms with van der Waals surface area (Å²) in [7, 11) is 0. The van der Waals surface area contributed by atoms with Crippen molar-refractivity contribution in [3.8, 4) is 5.69 Å². The first-order valence-electron chi connectivity index (χ1n) is 9.15. The molecule has 2 N–H and O–H groups in total. The van der Waals surface area contributed by atoms with E-state index < -0.39 is 5.97 Å². The van der Waals surface area contributed by atoms with Crippen LogP contribution in [0.4, 0.5) is 0 Å². The van der Waals surface area contributed by atoms with Gasteiger partial charge >= 0.3 is 5.97 Å². The summed E-state index contributed by atoms with van der Waals surface area (Å²) in [6.07, 6.45) is 2.25. The number of carboxylic acids is 1. The fourth-order valence-corrected chi connectivity index (χ4v) is 3.05. The number of rotatable bonds is 9. The van der Waals surface area contributed by atoms with E-state index in [-0.39, 0.29) is 12.3 Å². The Hall–Kier alpha value is -3.15. The van der Waals surface area contributed by atoms with E-state index in [0.717, 1.165) is 22.5 Å². The topological polar surface area (TPSA) is 84.2 Å². The first-order valence-corrected chi connectivity index (χ1v) is 9.15. The van der Waals surface area contributed by atoms with E-state index >= 15 is 0 Å². The molecule has 1 aromatic heterocycles. The zero-order valence-corrected chi connectivity index (χ0v) is 15.1. The van der Waals surface area contributed by atoms with E-state index in [1.165, 1.54) is 0 Å². The standard InChI is InChI=1S/C21H23N3O3/c25-20(22-15-7-6-12-21(26)27)14-13-19-23-17-10-4-5-11-18(17)24(19)16-8-2-1-3-9-16/h1-5,8-11H,6-7,12-15H2,(H,22,25)(H,26,27). The largest absolute Gasteiger partial charge is 0.481 e. The van der Waals surface area contributed by atoms with Gasteiger partial charge in [0.2, 0.25) is 5.91 Å². The highest BCUT2D eigenvalue weighted by molar-refractivity contribution is 5.79. The number of carbonyl (C=O) groups excluding carboxylic acids is 1. The normalized spacial score (nSPS) is 10.8. The van der Waals surface area contributed by atoms with Gasteiger partial charge in [0.25, 0.3) is 0 Å². The van der Waals surface area contributed by atoms with Crippen LogP contribution in [0.3, 0.4) is 0 Å². The number of aromatic nitrogens is 2. The quantitative estimate of drug-likeness (QED) is 0.570. The van der Waals surface area contributed by atoms with Gasteiger partial charge in [0, 0.05) is 31.5 Å². The lowest BCUT2D eigenvalue weighted by atomic mass is 10.2. The molecule has 0 atom stereocenters. The van der Waals surface area contributed by atoms with Crippen LogP contribution in [0.5, 0.6) is 0 Å². The van der Waals surface area contributed by atoms with Crippen LogP contribution in [0.25, 0.3) is 16.7 Å². The summed E-state index contributed by atoms with van der Waals surface area (Å²) in [5.74, 6) is 0.00145. The Morgan fingerprint density at radius 1 is 0.963 bits per heavy atom. The summed E-state index contributed by atoms with van der Waals surface area (Å²) in [6.45, 7) is 0.501. The summed E-state index contributed by atoms with van der Waals surface area (Å²) in [6, 6.07) is 17.9. The number of aryl methyl sites for hydroxylation is 1. The molecule has 0 aliphatic carbocycles. The molecule has 0 saturated carbocycles. The van der Waals surface area contributed by atoms with Crippen molar-refractivity contribution >= 4 is 22.9 Å². The Morgan fingerprint density at radius 2 is 1.70 bits per heavy atom. The molecule has 1 heterocycles. The van der Waals surface area contributed by atoms with Crippen molar-refractivity contribution < 1.29 is 14.7 Å². The lowest BCUT2D eigenvalue weighted by Crippen LogP contribution is -2.25. The predicted octanol–water partition coefficient (Wildman–Crippen LogP) is 3.33. The molecular formula is C21H23N3O3. The highest BCUT2D eigenvalue weighted by Gasteiger charge is 2.13. The minimum Gasteiger partial charge on any atom is -0.481 e. The number of benzene rings is 2. The Balaban J connectivity index is 1.65. The number of hydrogen-bond donors (Lipinski definition) is 2. The fourth-order valence-electron chi connectivity index (χ4n) is 3.05. The number of nitrogens with one attached hydrogen (secondary N) is 1. The smallest absolute Gasteiger partial charge is 0.303 e. The highest BCUT2D eigenvalue weighted by atomic mass is 16.4. The van der Waals surface area contributed by atoms with Crippen LogP contribution in [-0.4, -0.2) is 33.1 Å². The zero-order valence-electron chi connectivity index (χ0n) is 15.1. The van der Waals surface area contributed by atoms with Crippen molar-refractivity contribution in [1.29, 1.82) is 0 Å². The summed E-state index contributed by atoms with van der Waals surface area (Å²) in [5.41, 5.74) is 2.95.